The minimum absolute atomic E-state index is 0.111. The summed E-state index contributed by atoms with van der Waals surface area (Å²) in [5, 5.41) is 23.0. The topological polar surface area (TPSA) is 108 Å². The number of aliphatic hydroxyl groups is 2. The number of ether oxygens (including phenoxy) is 2. The Balaban J connectivity index is 1.49. The van der Waals surface area contributed by atoms with E-state index in [-0.39, 0.29) is 35.2 Å². The van der Waals surface area contributed by atoms with Gasteiger partial charge >= 0.3 is 0 Å². The minimum atomic E-state index is -0.903. The van der Waals surface area contributed by atoms with Crippen molar-refractivity contribution in [2.75, 3.05) is 51.4 Å². The number of carbonyl (C=O) groups is 2. The lowest BCUT2D eigenvalue weighted by atomic mass is 9.89. The van der Waals surface area contributed by atoms with Gasteiger partial charge in [0.15, 0.2) is 19.4 Å². The van der Waals surface area contributed by atoms with E-state index in [4.69, 9.17) is 9.47 Å². The van der Waals surface area contributed by atoms with Gasteiger partial charge in [-0.3, -0.25) is 19.0 Å². The first kappa shape index (κ1) is 20.7. The molecule has 11 heteroatoms. The van der Waals surface area contributed by atoms with Gasteiger partial charge < -0.3 is 25.0 Å². The zero-order chi connectivity index (χ0) is 20.1. The number of nitrogens with zero attached hydrogens (tertiary/aromatic N) is 2. The molecule has 2 amide bonds. The Kier molecular flexibility index (Phi) is 5.62. The predicted molar refractivity (Wildman–Crippen MR) is 104 cm³/mol. The molecule has 0 aromatic rings. The lowest BCUT2D eigenvalue weighted by Crippen LogP contribution is -2.65. The van der Waals surface area contributed by atoms with E-state index in [0.717, 1.165) is 24.6 Å². The highest BCUT2D eigenvalue weighted by Gasteiger charge is 2.70. The van der Waals surface area contributed by atoms with Crippen molar-refractivity contribution in [1.29, 1.82) is 0 Å². The number of methoxy groups -OCH3 is 1. The van der Waals surface area contributed by atoms with Gasteiger partial charge in [0.2, 0.25) is 0 Å². The van der Waals surface area contributed by atoms with Crippen LogP contribution in [-0.4, -0.2) is 112 Å². The summed E-state index contributed by atoms with van der Waals surface area (Å²) in [6.45, 7) is 3.57. The first-order valence-corrected chi connectivity index (χ1v) is 11.6. The molecule has 0 bridgehead atoms. The maximum atomic E-state index is 13.0. The summed E-state index contributed by atoms with van der Waals surface area (Å²) in [7, 11) is 1.45. The lowest BCUT2D eigenvalue weighted by Gasteiger charge is -2.44. The first-order valence-electron chi connectivity index (χ1n) is 9.58. The predicted octanol–water partition coefficient (Wildman–Crippen LogP) is -1.40. The summed E-state index contributed by atoms with van der Waals surface area (Å²) in [6, 6.07) is -0.731. The molecular weight excluding hydrogens is 406 g/mol. The smallest absolute Gasteiger partial charge is 0.284 e. The Labute approximate surface area is 172 Å². The van der Waals surface area contributed by atoms with Crippen molar-refractivity contribution in [3.8, 4) is 0 Å². The monoisotopic (exact) mass is 434 g/mol. The number of quaternary nitrogens is 1. The molecule has 4 heterocycles. The Morgan fingerprint density at radius 3 is 2.93 bits per heavy atom. The fourth-order valence-corrected chi connectivity index (χ4v) is 8.60. The van der Waals surface area contributed by atoms with Crippen LogP contribution < -0.4 is 5.32 Å². The average molecular weight is 435 g/mol. The second-order valence-corrected chi connectivity index (χ2v) is 10.7. The summed E-state index contributed by atoms with van der Waals surface area (Å²) in [5.74, 6) is 1.33. The molecule has 4 rings (SSSR count). The van der Waals surface area contributed by atoms with E-state index in [0.29, 0.717) is 11.0 Å². The molecule has 28 heavy (non-hydrogen) atoms. The van der Waals surface area contributed by atoms with Crippen LogP contribution in [0, 0.1) is 5.92 Å². The van der Waals surface area contributed by atoms with Crippen LogP contribution in [0.5, 0.6) is 0 Å². The Morgan fingerprint density at radius 1 is 1.46 bits per heavy atom. The van der Waals surface area contributed by atoms with E-state index >= 15 is 0 Å². The minimum Gasteiger partial charge on any atom is -0.394 e. The van der Waals surface area contributed by atoms with Crippen LogP contribution >= 0.6 is 23.5 Å². The number of nitrogens with one attached hydrogen (secondary N) is 1. The maximum absolute atomic E-state index is 13.0. The van der Waals surface area contributed by atoms with Gasteiger partial charge in [0.25, 0.3) is 16.1 Å². The van der Waals surface area contributed by atoms with Crippen LogP contribution in [0.3, 0.4) is 0 Å². The summed E-state index contributed by atoms with van der Waals surface area (Å²) in [4.78, 5) is 27.5. The molecule has 3 N–H and O–H groups in total. The normalized spacial score (nSPS) is 45.2. The van der Waals surface area contributed by atoms with Gasteiger partial charge in [-0.15, -0.1) is 0 Å². The first-order chi connectivity index (χ1) is 13.4. The number of carbonyl (C=O) groups excluding carboxylic acids is 2. The van der Waals surface area contributed by atoms with E-state index in [9.17, 15) is 19.8 Å². The summed E-state index contributed by atoms with van der Waals surface area (Å²) < 4.78 is 11.1. The molecule has 4 aliphatic rings. The van der Waals surface area contributed by atoms with Gasteiger partial charge in [-0.2, -0.15) is 0 Å². The van der Waals surface area contributed by atoms with Gasteiger partial charge in [0.1, 0.15) is 6.04 Å². The van der Waals surface area contributed by atoms with Crippen molar-refractivity contribution in [3.63, 3.8) is 0 Å². The zero-order valence-electron chi connectivity index (χ0n) is 16.1. The van der Waals surface area contributed by atoms with E-state index in [1.165, 1.54) is 7.11 Å². The lowest BCUT2D eigenvalue weighted by molar-refractivity contribution is -0.922. The van der Waals surface area contributed by atoms with E-state index in [2.05, 4.69) is 5.32 Å². The van der Waals surface area contributed by atoms with Crippen molar-refractivity contribution in [3.05, 3.63) is 0 Å². The standard InChI is InChI=1S/C17H27N3O6S2/c1-10-11(9-21)26-16(25-2)14(15(10)24)18-12(22)7-20-4-6-28-17(20)19(3-5-27-17)13(23)8-20/h10-11,14-16,21,24H,3-9H2,1-2H3/p+1. The second kappa shape index (κ2) is 7.60. The molecule has 9 nitrogen and oxygen atoms in total. The van der Waals surface area contributed by atoms with E-state index in [1.807, 2.05) is 4.90 Å². The Morgan fingerprint density at radius 2 is 2.21 bits per heavy atom. The van der Waals surface area contributed by atoms with E-state index < -0.39 is 24.5 Å². The van der Waals surface area contributed by atoms with Gasteiger partial charge in [-0.1, -0.05) is 30.4 Å². The highest BCUT2D eigenvalue weighted by molar-refractivity contribution is 8.18. The summed E-state index contributed by atoms with van der Waals surface area (Å²) >= 11 is 3.53. The van der Waals surface area contributed by atoms with Crippen molar-refractivity contribution in [2.45, 2.75) is 35.8 Å². The van der Waals surface area contributed by atoms with Crippen LogP contribution in [-0.2, 0) is 19.1 Å². The molecule has 0 aromatic heterocycles. The van der Waals surface area contributed by atoms with Crippen LogP contribution in [0.15, 0.2) is 0 Å². The molecule has 4 fully saturated rings. The fourth-order valence-electron chi connectivity index (χ4n) is 4.83. The number of aliphatic hydroxyl groups excluding tert-OH is 2. The van der Waals surface area contributed by atoms with Crippen LogP contribution in [0.25, 0.3) is 0 Å². The number of amides is 2. The molecule has 0 aliphatic carbocycles. The van der Waals surface area contributed by atoms with Crippen molar-refractivity contribution < 1.29 is 33.8 Å². The molecule has 0 saturated carbocycles. The molecule has 158 valence electrons. The Bertz CT molecular complexity index is 650. The second-order valence-electron chi connectivity index (χ2n) is 7.88. The number of hydrogen-bond donors (Lipinski definition) is 3. The quantitative estimate of drug-likeness (QED) is 0.454. The summed E-state index contributed by atoms with van der Waals surface area (Å²) in [5.41, 5.74) is 0. The zero-order valence-corrected chi connectivity index (χ0v) is 17.7. The highest BCUT2D eigenvalue weighted by atomic mass is 32.2. The number of thioether (sulfide) groups is 2. The highest BCUT2D eigenvalue weighted by Crippen LogP contribution is 2.58. The molecule has 0 radical (unpaired) electrons. The van der Waals surface area contributed by atoms with Gasteiger partial charge in [-0.05, 0) is 0 Å². The average Bonchev–Trinajstić information content (AvgIpc) is 3.29. The maximum Gasteiger partial charge on any atom is 0.284 e. The molecule has 4 aliphatic heterocycles. The van der Waals surface area contributed by atoms with E-state index in [1.54, 1.807) is 30.4 Å². The molecule has 4 saturated heterocycles. The fraction of sp³-hybridized carbons (Fsp3) is 0.882. The van der Waals surface area contributed by atoms with Gasteiger partial charge in [-0.25, -0.2) is 0 Å². The molecule has 1 spiro atoms. The molecule has 7 unspecified atom stereocenters. The van der Waals surface area contributed by atoms with Gasteiger partial charge in [0.05, 0.1) is 31.1 Å². The summed E-state index contributed by atoms with van der Waals surface area (Å²) in [6.07, 6.45) is -2.29. The van der Waals surface area contributed by atoms with Crippen molar-refractivity contribution >= 4 is 35.3 Å². The third-order valence-electron chi connectivity index (χ3n) is 6.38. The molecule has 0 aromatic carbocycles. The third kappa shape index (κ3) is 2.98. The molecule has 7 atom stereocenters. The van der Waals surface area contributed by atoms with Crippen LogP contribution in [0.2, 0.25) is 0 Å². The third-order valence-corrected chi connectivity index (χ3v) is 9.82. The van der Waals surface area contributed by atoms with Crippen molar-refractivity contribution in [2.24, 2.45) is 5.92 Å². The number of rotatable bonds is 5. The Hall–Kier alpha value is -0.560. The molecular formula is C17H28N3O6S2+. The van der Waals surface area contributed by atoms with Gasteiger partial charge in [0, 0.05) is 25.3 Å². The SMILES string of the molecule is COC1OC(CO)C(C)C(O)C1NC(=O)C[N+]12CCSC13SCCN3C(=O)C2. The van der Waals surface area contributed by atoms with Crippen molar-refractivity contribution in [1.82, 2.24) is 10.2 Å². The van der Waals surface area contributed by atoms with Crippen LogP contribution in [0.1, 0.15) is 6.92 Å². The number of hydrogen-bond acceptors (Lipinski definition) is 8. The van der Waals surface area contributed by atoms with Crippen LogP contribution in [0.4, 0.5) is 0 Å². The largest absolute Gasteiger partial charge is 0.394 e.